The molecule has 0 saturated heterocycles. The maximum Gasteiger partial charge on any atom is 0.201 e. The maximum atomic E-state index is 12.7. The van der Waals surface area contributed by atoms with Crippen molar-refractivity contribution in [2.75, 3.05) is 5.73 Å². The lowest BCUT2D eigenvalue weighted by atomic mass is 10.5. The summed E-state index contributed by atoms with van der Waals surface area (Å²) in [5.74, 6) is -0.667. The number of nitrogens with zero attached hydrogens (tertiary/aromatic N) is 2. The highest BCUT2D eigenvalue weighted by Crippen LogP contribution is 2.04. The molecule has 0 atom stereocenters. The minimum atomic E-state index is -0.527. The number of nitrogens with two attached hydrogens (primary N) is 1. The van der Waals surface area contributed by atoms with Crippen LogP contribution in [0.4, 0.5) is 10.2 Å². The van der Waals surface area contributed by atoms with Crippen LogP contribution in [0.1, 0.15) is 6.92 Å². The first-order chi connectivity index (χ1) is 5.15. The molecule has 0 bridgehead atoms. The summed E-state index contributed by atoms with van der Waals surface area (Å²) in [7, 11) is 0. The lowest BCUT2D eigenvalue weighted by molar-refractivity contribution is 0.586. The van der Waals surface area contributed by atoms with E-state index < -0.39 is 5.82 Å². The Morgan fingerprint density at radius 3 is 3.00 bits per heavy atom. The van der Waals surface area contributed by atoms with Crippen LogP contribution in [0, 0.1) is 10.6 Å². The van der Waals surface area contributed by atoms with E-state index in [9.17, 15) is 4.39 Å². The Morgan fingerprint density at radius 1 is 1.82 bits per heavy atom. The van der Waals surface area contributed by atoms with E-state index in [4.69, 9.17) is 18.0 Å². The van der Waals surface area contributed by atoms with Crippen LogP contribution in [0.25, 0.3) is 0 Å². The Bertz CT molecular complexity index is 320. The SMILES string of the molecule is CCn1cc(F)c(N)nc1=S. The van der Waals surface area contributed by atoms with Gasteiger partial charge in [-0.25, -0.2) is 4.39 Å². The Balaban J connectivity index is 3.32. The van der Waals surface area contributed by atoms with Crippen molar-refractivity contribution in [2.45, 2.75) is 13.5 Å². The normalized spacial score (nSPS) is 10.0. The van der Waals surface area contributed by atoms with Crippen molar-refractivity contribution in [3.63, 3.8) is 0 Å². The average Bonchev–Trinajstić information content (AvgIpc) is 1.97. The highest BCUT2D eigenvalue weighted by atomic mass is 32.1. The van der Waals surface area contributed by atoms with Crippen molar-refractivity contribution in [1.29, 1.82) is 0 Å². The van der Waals surface area contributed by atoms with Crippen LogP contribution in [0.5, 0.6) is 0 Å². The Kier molecular flexibility index (Phi) is 2.19. The molecule has 11 heavy (non-hydrogen) atoms. The Hall–Kier alpha value is -0.970. The second-order valence-corrected chi connectivity index (χ2v) is 2.41. The van der Waals surface area contributed by atoms with Crippen LogP contribution in [0.3, 0.4) is 0 Å². The number of rotatable bonds is 1. The highest BCUT2D eigenvalue weighted by Gasteiger charge is 2.00. The maximum absolute atomic E-state index is 12.7. The summed E-state index contributed by atoms with van der Waals surface area (Å²) in [4.78, 5) is 3.62. The Labute approximate surface area is 68.7 Å². The van der Waals surface area contributed by atoms with E-state index in [2.05, 4.69) is 4.98 Å². The van der Waals surface area contributed by atoms with E-state index in [1.807, 2.05) is 6.92 Å². The molecule has 5 heteroatoms. The first-order valence-corrected chi connectivity index (χ1v) is 3.58. The molecule has 0 fully saturated rings. The van der Waals surface area contributed by atoms with E-state index in [-0.39, 0.29) is 5.82 Å². The summed E-state index contributed by atoms with van der Waals surface area (Å²) in [5, 5.41) is 0. The third-order valence-electron chi connectivity index (χ3n) is 1.32. The number of hydrogen-bond acceptors (Lipinski definition) is 3. The second-order valence-electron chi connectivity index (χ2n) is 2.04. The number of aromatic nitrogens is 2. The fourth-order valence-electron chi connectivity index (χ4n) is 0.705. The second kappa shape index (κ2) is 2.96. The zero-order valence-corrected chi connectivity index (χ0v) is 6.86. The van der Waals surface area contributed by atoms with Gasteiger partial charge >= 0.3 is 0 Å². The summed E-state index contributed by atoms with van der Waals surface area (Å²) < 4.78 is 14.5. The van der Waals surface area contributed by atoms with Gasteiger partial charge < -0.3 is 10.3 Å². The lowest BCUT2D eigenvalue weighted by Gasteiger charge is -2.02. The molecule has 1 rings (SSSR count). The molecule has 2 N–H and O–H groups in total. The zero-order valence-electron chi connectivity index (χ0n) is 6.04. The van der Waals surface area contributed by atoms with Crippen molar-refractivity contribution in [2.24, 2.45) is 0 Å². The molecule has 0 radical (unpaired) electrons. The predicted octanol–water partition coefficient (Wildman–Crippen LogP) is 1.35. The first-order valence-electron chi connectivity index (χ1n) is 3.17. The third kappa shape index (κ3) is 1.54. The molecule has 60 valence electrons. The molecule has 0 aliphatic rings. The number of nitrogen functional groups attached to an aromatic ring is 1. The van der Waals surface area contributed by atoms with E-state index in [1.165, 1.54) is 10.8 Å². The van der Waals surface area contributed by atoms with Crippen LogP contribution >= 0.6 is 12.2 Å². The van der Waals surface area contributed by atoms with Crippen molar-refractivity contribution in [3.05, 3.63) is 16.8 Å². The van der Waals surface area contributed by atoms with Gasteiger partial charge in [-0.05, 0) is 19.1 Å². The molecular formula is C6H8FN3S. The van der Waals surface area contributed by atoms with Crippen molar-refractivity contribution >= 4 is 18.0 Å². The van der Waals surface area contributed by atoms with Gasteiger partial charge in [-0.3, -0.25) is 0 Å². The molecule has 3 nitrogen and oxygen atoms in total. The molecule has 0 aliphatic carbocycles. The molecule has 1 heterocycles. The summed E-state index contributed by atoms with van der Waals surface area (Å²) in [6, 6.07) is 0. The van der Waals surface area contributed by atoms with Crippen LogP contribution in [0.15, 0.2) is 6.20 Å². The van der Waals surface area contributed by atoms with Crippen LogP contribution in [0.2, 0.25) is 0 Å². The van der Waals surface area contributed by atoms with Crippen molar-refractivity contribution in [1.82, 2.24) is 9.55 Å². The zero-order chi connectivity index (χ0) is 8.43. The molecule has 0 spiro atoms. The molecule has 0 aliphatic heterocycles. The van der Waals surface area contributed by atoms with Gasteiger partial charge in [0.1, 0.15) is 0 Å². The quantitative estimate of drug-likeness (QED) is 0.652. The molecule has 0 unspecified atom stereocenters. The highest BCUT2D eigenvalue weighted by molar-refractivity contribution is 7.71. The molecule has 0 saturated carbocycles. The molecule has 1 aromatic rings. The summed E-state index contributed by atoms with van der Waals surface area (Å²) in [6.07, 6.45) is 1.25. The lowest BCUT2D eigenvalue weighted by Crippen LogP contribution is -2.05. The van der Waals surface area contributed by atoms with Crippen molar-refractivity contribution in [3.8, 4) is 0 Å². The van der Waals surface area contributed by atoms with Gasteiger partial charge in [0.05, 0.1) is 0 Å². The smallest absolute Gasteiger partial charge is 0.201 e. The summed E-state index contributed by atoms with van der Waals surface area (Å²) in [6.45, 7) is 2.45. The van der Waals surface area contributed by atoms with E-state index in [1.54, 1.807) is 0 Å². The minimum absolute atomic E-state index is 0.139. The third-order valence-corrected chi connectivity index (χ3v) is 1.64. The summed E-state index contributed by atoms with van der Waals surface area (Å²) >= 11 is 4.80. The fraction of sp³-hybridized carbons (Fsp3) is 0.333. The van der Waals surface area contributed by atoms with Gasteiger partial charge in [-0.2, -0.15) is 4.98 Å². The van der Waals surface area contributed by atoms with Gasteiger partial charge in [0.2, 0.25) is 4.77 Å². The molecule has 0 aromatic carbocycles. The minimum Gasteiger partial charge on any atom is -0.381 e. The Morgan fingerprint density at radius 2 is 2.45 bits per heavy atom. The molecular weight excluding hydrogens is 165 g/mol. The van der Waals surface area contributed by atoms with Gasteiger partial charge in [-0.1, -0.05) is 0 Å². The monoisotopic (exact) mass is 173 g/mol. The van der Waals surface area contributed by atoms with E-state index in [0.29, 0.717) is 11.3 Å². The van der Waals surface area contributed by atoms with Crippen LogP contribution in [-0.4, -0.2) is 9.55 Å². The topological polar surface area (TPSA) is 43.8 Å². The van der Waals surface area contributed by atoms with Gasteiger partial charge in [0.15, 0.2) is 11.6 Å². The number of anilines is 1. The molecule has 1 aromatic heterocycles. The van der Waals surface area contributed by atoms with E-state index in [0.717, 1.165) is 0 Å². The predicted molar refractivity (Wildman–Crippen MR) is 43.1 cm³/mol. The van der Waals surface area contributed by atoms with Crippen LogP contribution < -0.4 is 5.73 Å². The largest absolute Gasteiger partial charge is 0.381 e. The molecule has 0 amide bonds. The average molecular weight is 173 g/mol. The number of aryl methyl sites for hydroxylation is 1. The van der Waals surface area contributed by atoms with Gasteiger partial charge in [0.25, 0.3) is 0 Å². The first kappa shape index (κ1) is 8.13. The van der Waals surface area contributed by atoms with Gasteiger partial charge in [0, 0.05) is 12.7 Å². The number of halogens is 1. The fourth-order valence-corrected chi connectivity index (χ4v) is 0.986. The standard InChI is InChI=1S/C6H8FN3S/c1-2-10-3-4(7)5(8)9-6(10)11/h3H,2H2,1H3,(H2,8,9,11). The van der Waals surface area contributed by atoms with Crippen molar-refractivity contribution < 1.29 is 4.39 Å². The van der Waals surface area contributed by atoms with Crippen LogP contribution in [-0.2, 0) is 6.54 Å². The van der Waals surface area contributed by atoms with Gasteiger partial charge in [-0.15, -0.1) is 0 Å². The van der Waals surface area contributed by atoms with E-state index >= 15 is 0 Å². The summed E-state index contributed by atoms with van der Waals surface area (Å²) in [5.41, 5.74) is 5.18. The number of hydrogen-bond donors (Lipinski definition) is 1.